The van der Waals surface area contributed by atoms with Crippen molar-refractivity contribution in [3.63, 3.8) is 0 Å². The monoisotopic (exact) mass is 303 g/mol. The predicted molar refractivity (Wildman–Crippen MR) is 78.3 cm³/mol. The van der Waals surface area contributed by atoms with Crippen LogP contribution in [0.1, 0.15) is 25.6 Å². The smallest absolute Gasteiger partial charge is 0.338 e. The molecule has 108 valence electrons. The molecule has 0 saturated carbocycles. The van der Waals surface area contributed by atoms with Crippen LogP contribution in [0.15, 0.2) is 41.8 Å². The van der Waals surface area contributed by atoms with Crippen LogP contribution in [0, 0.1) is 6.92 Å². The molecule has 0 aliphatic rings. The highest BCUT2D eigenvalue weighted by atomic mass is 32.1. The molecule has 0 unspecified atom stereocenters. The van der Waals surface area contributed by atoms with Crippen LogP contribution in [-0.4, -0.2) is 24.4 Å². The number of carbonyl (C=O) groups is 3. The molecule has 0 atom stereocenters. The van der Waals surface area contributed by atoms with E-state index in [0.29, 0.717) is 10.4 Å². The molecule has 0 radical (unpaired) electrons. The summed E-state index contributed by atoms with van der Waals surface area (Å²) in [6.07, 6.45) is 0. The topological polar surface area (TPSA) is 72.5 Å². The van der Waals surface area contributed by atoms with E-state index in [2.05, 4.69) is 5.32 Å². The van der Waals surface area contributed by atoms with Gasteiger partial charge in [-0.3, -0.25) is 14.9 Å². The summed E-state index contributed by atoms with van der Waals surface area (Å²) in [5.41, 5.74) is 1.29. The van der Waals surface area contributed by atoms with E-state index in [1.807, 2.05) is 13.0 Å². The Labute approximate surface area is 125 Å². The van der Waals surface area contributed by atoms with Crippen LogP contribution in [0.2, 0.25) is 0 Å². The molecule has 2 amide bonds. The van der Waals surface area contributed by atoms with Gasteiger partial charge in [0.1, 0.15) is 0 Å². The first-order valence-corrected chi connectivity index (χ1v) is 7.05. The summed E-state index contributed by atoms with van der Waals surface area (Å²) in [6.45, 7) is 1.35. The lowest BCUT2D eigenvalue weighted by Gasteiger charge is -2.05. The van der Waals surface area contributed by atoms with Gasteiger partial charge < -0.3 is 4.74 Å². The molecule has 0 fully saturated rings. The zero-order valence-corrected chi connectivity index (χ0v) is 12.1. The average Bonchev–Trinajstić information content (AvgIpc) is 2.99. The Kier molecular flexibility index (Phi) is 4.84. The van der Waals surface area contributed by atoms with Crippen molar-refractivity contribution in [1.29, 1.82) is 0 Å². The molecule has 5 nitrogen and oxygen atoms in total. The van der Waals surface area contributed by atoms with Crippen molar-refractivity contribution >= 4 is 29.1 Å². The Hall–Kier alpha value is -2.47. The molecule has 0 bridgehead atoms. The van der Waals surface area contributed by atoms with Gasteiger partial charge in [0.2, 0.25) is 0 Å². The lowest BCUT2D eigenvalue weighted by Crippen LogP contribution is -2.33. The predicted octanol–water partition coefficient (Wildman–Crippen LogP) is 2.17. The Morgan fingerprint density at radius 2 is 2.00 bits per heavy atom. The van der Waals surface area contributed by atoms with Crippen molar-refractivity contribution < 1.29 is 19.1 Å². The first-order chi connectivity index (χ1) is 10.1. The average molecular weight is 303 g/mol. The standard InChI is InChI=1S/C15H13NO4S/c1-10-4-2-5-11(8-10)15(19)20-9-13(17)16-14(18)12-6-3-7-21-12/h2-8H,9H2,1H3,(H,16,17,18). The highest BCUT2D eigenvalue weighted by molar-refractivity contribution is 7.12. The Morgan fingerprint density at radius 1 is 1.19 bits per heavy atom. The van der Waals surface area contributed by atoms with Gasteiger partial charge in [0.25, 0.3) is 11.8 Å². The summed E-state index contributed by atoms with van der Waals surface area (Å²) in [4.78, 5) is 35.3. The number of rotatable bonds is 4. The van der Waals surface area contributed by atoms with Gasteiger partial charge in [-0.15, -0.1) is 11.3 Å². The minimum atomic E-state index is -0.658. The summed E-state index contributed by atoms with van der Waals surface area (Å²) < 4.78 is 4.86. The van der Waals surface area contributed by atoms with E-state index in [-0.39, 0.29) is 0 Å². The second-order valence-corrected chi connectivity index (χ2v) is 5.25. The fraction of sp³-hybridized carbons (Fsp3) is 0.133. The van der Waals surface area contributed by atoms with Crippen LogP contribution in [0.3, 0.4) is 0 Å². The van der Waals surface area contributed by atoms with Gasteiger partial charge in [-0.1, -0.05) is 23.8 Å². The lowest BCUT2D eigenvalue weighted by atomic mass is 10.1. The molecule has 6 heteroatoms. The van der Waals surface area contributed by atoms with Crippen molar-refractivity contribution in [2.75, 3.05) is 6.61 Å². The molecule has 0 saturated heterocycles. The van der Waals surface area contributed by atoms with E-state index >= 15 is 0 Å². The highest BCUT2D eigenvalue weighted by Gasteiger charge is 2.14. The Bertz CT molecular complexity index is 664. The zero-order valence-electron chi connectivity index (χ0n) is 11.3. The number of imide groups is 1. The van der Waals surface area contributed by atoms with Crippen molar-refractivity contribution in [2.45, 2.75) is 6.92 Å². The van der Waals surface area contributed by atoms with E-state index in [1.165, 1.54) is 11.3 Å². The second-order valence-electron chi connectivity index (χ2n) is 4.30. The molecule has 1 aromatic carbocycles. The molecule has 1 N–H and O–H groups in total. The molecule has 21 heavy (non-hydrogen) atoms. The number of aryl methyl sites for hydroxylation is 1. The van der Waals surface area contributed by atoms with E-state index in [1.54, 1.807) is 35.7 Å². The number of carbonyl (C=O) groups excluding carboxylic acids is 3. The number of thiophene rings is 1. The molecule has 2 rings (SSSR count). The van der Waals surface area contributed by atoms with Crippen molar-refractivity contribution in [2.24, 2.45) is 0 Å². The fourth-order valence-electron chi connectivity index (χ4n) is 1.62. The van der Waals surface area contributed by atoms with Gasteiger partial charge >= 0.3 is 5.97 Å². The zero-order chi connectivity index (χ0) is 15.2. The van der Waals surface area contributed by atoms with Gasteiger partial charge in [-0.05, 0) is 30.5 Å². The number of nitrogens with one attached hydrogen (secondary N) is 1. The van der Waals surface area contributed by atoms with E-state index < -0.39 is 24.4 Å². The quantitative estimate of drug-likeness (QED) is 0.879. The summed E-state index contributed by atoms with van der Waals surface area (Å²) in [5, 5.41) is 3.89. The van der Waals surface area contributed by atoms with Crippen molar-refractivity contribution in [3.05, 3.63) is 57.8 Å². The molecule has 0 spiro atoms. The number of benzene rings is 1. The van der Waals surface area contributed by atoms with Crippen LogP contribution in [-0.2, 0) is 9.53 Å². The van der Waals surface area contributed by atoms with E-state index in [9.17, 15) is 14.4 Å². The molecule has 0 aliphatic carbocycles. The minimum absolute atomic E-state index is 0.368. The first kappa shape index (κ1) is 14.9. The highest BCUT2D eigenvalue weighted by Crippen LogP contribution is 2.08. The number of hydrogen-bond acceptors (Lipinski definition) is 5. The Morgan fingerprint density at radius 3 is 2.67 bits per heavy atom. The third kappa shape index (κ3) is 4.25. The maximum Gasteiger partial charge on any atom is 0.338 e. The SMILES string of the molecule is Cc1cccc(C(=O)OCC(=O)NC(=O)c2cccs2)c1. The van der Waals surface area contributed by atoms with Crippen LogP contribution in [0.4, 0.5) is 0 Å². The van der Waals surface area contributed by atoms with Gasteiger partial charge in [-0.25, -0.2) is 4.79 Å². The third-order valence-electron chi connectivity index (χ3n) is 2.59. The summed E-state index contributed by atoms with van der Waals surface area (Å²) in [5.74, 6) is -1.76. The van der Waals surface area contributed by atoms with Crippen LogP contribution in [0.25, 0.3) is 0 Å². The van der Waals surface area contributed by atoms with Gasteiger partial charge in [0, 0.05) is 0 Å². The number of hydrogen-bond donors (Lipinski definition) is 1. The van der Waals surface area contributed by atoms with Gasteiger partial charge in [0.05, 0.1) is 10.4 Å². The van der Waals surface area contributed by atoms with Crippen LogP contribution in [0.5, 0.6) is 0 Å². The maximum absolute atomic E-state index is 11.7. The maximum atomic E-state index is 11.7. The van der Waals surface area contributed by atoms with Crippen LogP contribution < -0.4 is 5.32 Å². The van der Waals surface area contributed by atoms with Crippen molar-refractivity contribution in [1.82, 2.24) is 5.32 Å². The summed E-state index contributed by atoms with van der Waals surface area (Å²) in [6, 6.07) is 10.2. The lowest BCUT2D eigenvalue weighted by molar-refractivity contribution is -0.123. The van der Waals surface area contributed by atoms with E-state index in [4.69, 9.17) is 4.74 Å². The normalized spacial score (nSPS) is 9.95. The molecule has 0 aliphatic heterocycles. The van der Waals surface area contributed by atoms with Crippen molar-refractivity contribution in [3.8, 4) is 0 Å². The second kappa shape index (κ2) is 6.81. The summed E-state index contributed by atoms with van der Waals surface area (Å²) >= 11 is 1.22. The largest absolute Gasteiger partial charge is 0.452 e. The van der Waals surface area contributed by atoms with Crippen LogP contribution >= 0.6 is 11.3 Å². The number of ether oxygens (including phenoxy) is 1. The molecule has 2 aromatic rings. The minimum Gasteiger partial charge on any atom is -0.452 e. The fourth-order valence-corrected chi connectivity index (χ4v) is 2.24. The number of esters is 1. The van der Waals surface area contributed by atoms with E-state index in [0.717, 1.165) is 5.56 Å². The number of amides is 2. The molecule has 1 heterocycles. The van der Waals surface area contributed by atoms with Gasteiger partial charge in [-0.2, -0.15) is 0 Å². The van der Waals surface area contributed by atoms with Gasteiger partial charge in [0.15, 0.2) is 6.61 Å². The molecular weight excluding hydrogens is 290 g/mol. The third-order valence-corrected chi connectivity index (χ3v) is 3.45. The Balaban J connectivity index is 1.84. The summed E-state index contributed by atoms with van der Waals surface area (Å²) in [7, 11) is 0. The first-order valence-electron chi connectivity index (χ1n) is 6.18. The molecular formula is C15H13NO4S. The molecule has 1 aromatic heterocycles.